The van der Waals surface area contributed by atoms with E-state index in [-0.39, 0.29) is 6.54 Å². The minimum absolute atomic E-state index is 0.0200. The summed E-state index contributed by atoms with van der Waals surface area (Å²) in [7, 11) is -4.13. The van der Waals surface area contributed by atoms with E-state index in [9.17, 15) is 17.2 Å². The highest BCUT2D eigenvalue weighted by atomic mass is 32.2. The van der Waals surface area contributed by atoms with Crippen LogP contribution in [0.25, 0.3) is 0 Å². The standard InChI is InChI=1S/C13H13F2NO3S2/c1-8-2-3-9(20-8)6-16-21(18,19)12-5-4-11(14)10(7-17)13(12)15/h2-5,16-17H,6-7H2,1H3. The normalized spacial score (nSPS) is 11.8. The number of aliphatic hydroxyl groups is 1. The number of aliphatic hydroxyl groups excluding tert-OH is 1. The van der Waals surface area contributed by atoms with Crippen LogP contribution in [0.3, 0.4) is 0 Å². The molecule has 0 aliphatic heterocycles. The highest BCUT2D eigenvalue weighted by molar-refractivity contribution is 7.89. The largest absolute Gasteiger partial charge is 0.391 e. The Kier molecular flexibility index (Phi) is 4.72. The number of halogens is 2. The molecule has 0 saturated heterocycles. The van der Waals surface area contributed by atoms with Gasteiger partial charge in [-0.3, -0.25) is 0 Å². The van der Waals surface area contributed by atoms with Crippen molar-refractivity contribution in [3.8, 4) is 0 Å². The second-order valence-corrected chi connectivity index (χ2v) is 7.44. The van der Waals surface area contributed by atoms with Crippen LogP contribution in [0.1, 0.15) is 15.3 Å². The quantitative estimate of drug-likeness (QED) is 0.882. The molecular formula is C13H13F2NO3S2. The lowest BCUT2D eigenvalue weighted by atomic mass is 10.2. The minimum atomic E-state index is -4.13. The average Bonchev–Trinajstić information content (AvgIpc) is 2.83. The molecule has 0 amide bonds. The van der Waals surface area contributed by atoms with Crippen LogP contribution >= 0.6 is 11.3 Å². The molecule has 0 aliphatic carbocycles. The van der Waals surface area contributed by atoms with Crippen molar-refractivity contribution in [3.05, 3.63) is 51.2 Å². The number of benzene rings is 1. The maximum Gasteiger partial charge on any atom is 0.243 e. The van der Waals surface area contributed by atoms with Crippen LogP contribution in [0.15, 0.2) is 29.2 Å². The SMILES string of the molecule is Cc1ccc(CNS(=O)(=O)c2ccc(F)c(CO)c2F)s1. The Bertz CT molecular complexity index is 757. The summed E-state index contributed by atoms with van der Waals surface area (Å²) in [6, 6.07) is 5.27. The lowest BCUT2D eigenvalue weighted by Crippen LogP contribution is -2.24. The predicted octanol–water partition coefficient (Wildman–Crippen LogP) is 2.31. The molecule has 0 atom stereocenters. The van der Waals surface area contributed by atoms with Gasteiger partial charge in [-0.2, -0.15) is 0 Å². The molecule has 1 aromatic carbocycles. The summed E-state index contributed by atoms with van der Waals surface area (Å²) in [5.74, 6) is -2.25. The zero-order valence-corrected chi connectivity index (χ0v) is 12.7. The van der Waals surface area contributed by atoms with Crippen LogP contribution in [-0.4, -0.2) is 13.5 Å². The highest BCUT2D eigenvalue weighted by Crippen LogP contribution is 2.22. The van der Waals surface area contributed by atoms with Crippen molar-refractivity contribution in [2.75, 3.05) is 0 Å². The second kappa shape index (κ2) is 6.18. The van der Waals surface area contributed by atoms with Crippen LogP contribution in [-0.2, 0) is 23.2 Å². The van der Waals surface area contributed by atoms with Crippen molar-refractivity contribution in [1.82, 2.24) is 4.72 Å². The molecule has 2 rings (SSSR count). The zero-order chi connectivity index (χ0) is 15.6. The Morgan fingerprint density at radius 1 is 1.24 bits per heavy atom. The summed E-state index contributed by atoms with van der Waals surface area (Å²) < 4.78 is 53.6. The minimum Gasteiger partial charge on any atom is -0.391 e. The number of sulfonamides is 1. The summed E-state index contributed by atoms with van der Waals surface area (Å²) in [5.41, 5.74) is -0.662. The van der Waals surface area contributed by atoms with Gasteiger partial charge in [-0.05, 0) is 31.2 Å². The Labute approximate surface area is 125 Å². The van der Waals surface area contributed by atoms with Gasteiger partial charge in [0.1, 0.15) is 10.7 Å². The van der Waals surface area contributed by atoms with E-state index in [1.54, 1.807) is 6.07 Å². The van der Waals surface area contributed by atoms with Crippen molar-refractivity contribution in [2.24, 2.45) is 0 Å². The van der Waals surface area contributed by atoms with Gasteiger partial charge >= 0.3 is 0 Å². The van der Waals surface area contributed by atoms with Gasteiger partial charge in [0.25, 0.3) is 0 Å². The molecule has 0 bridgehead atoms. The predicted molar refractivity (Wildman–Crippen MR) is 75.4 cm³/mol. The molecule has 4 nitrogen and oxygen atoms in total. The number of aryl methyl sites for hydroxylation is 1. The van der Waals surface area contributed by atoms with Crippen LogP contribution in [0.5, 0.6) is 0 Å². The van der Waals surface area contributed by atoms with E-state index < -0.39 is 38.7 Å². The molecule has 1 aromatic heterocycles. The van der Waals surface area contributed by atoms with E-state index in [0.29, 0.717) is 0 Å². The zero-order valence-electron chi connectivity index (χ0n) is 11.1. The molecule has 114 valence electrons. The van der Waals surface area contributed by atoms with E-state index in [1.165, 1.54) is 11.3 Å². The van der Waals surface area contributed by atoms with Gasteiger partial charge in [-0.25, -0.2) is 21.9 Å². The fourth-order valence-corrected chi connectivity index (χ4v) is 3.78. The van der Waals surface area contributed by atoms with E-state index >= 15 is 0 Å². The number of rotatable bonds is 5. The number of hydrogen-bond acceptors (Lipinski definition) is 4. The van der Waals surface area contributed by atoms with Crippen LogP contribution in [0.2, 0.25) is 0 Å². The summed E-state index contributed by atoms with van der Waals surface area (Å²) in [5, 5.41) is 8.91. The monoisotopic (exact) mass is 333 g/mol. The smallest absolute Gasteiger partial charge is 0.243 e. The summed E-state index contributed by atoms with van der Waals surface area (Å²) in [4.78, 5) is 1.13. The molecule has 21 heavy (non-hydrogen) atoms. The van der Waals surface area contributed by atoms with E-state index in [1.807, 2.05) is 13.0 Å². The first-order chi connectivity index (χ1) is 9.85. The third kappa shape index (κ3) is 3.46. The highest BCUT2D eigenvalue weighted by Gasteiger charge is 2.23. The fourth-order valence-electron chi connectivity index (χ4n) is 1.75. The van der Waals surface area contributed by atoms with Gasteiger partial charge in [0.15, 0.2) is 5.82 Å². The lowest BCUT2D eigenvalue weighted by Gasteiger charge is -2.09. The maximum atomic E-state index is 13.9. The third-order valence-electron chi connectivity index (χ3n) is 2.83. The molecule has 2 N–H and O–H groups in total. The van der Waals surface area contributed by atoms with Gasteiger partial charge in [0.2, 0.25) is 10.0 Å². The Morgan fingerprint density at radius 2 is 1.95 bits per heavy atom. The molecule has 0 saturated carbocycles. The molecule has 2 aromatic rings. The van der Waals surface area contributed by atoms with Crippen LogP contribution < -0.4 is 4.72 Å². The topological polar surface area (TPSA) is 66.4 Å². The molecule has 1 heterocycles. The van der Waals surface area contributed by atoms with E-state index in [4.69, 9.17) is 5.11 Å². The van der Waals surface area contributed by atoms with Crippen molar-refractivity contribution in [3.63, 3.8) is 0 Å². The first-order valence-electron chi connectivity index (χ1n) is 5.98. The van der Waals surface area contributed by atoms with Crippen molar-refractivity contribution < 1.29 is 22.3 Å². The third-order valence-corrected chi connectivity index (χ3v) is 5.25. The van der Waals surface area contributed by atoms with E-state index in [0.717, 1.165) is 21.9 Å². The molecule has 0 radical (unpaired) electrons. The number of hydrogen-bond donors (Lipinski definition) is 2. The second-order valence-electron chi connectivity index (χ2n) is 4.33. The molecule has 0 aliphatic rings. The Hall–Kier alpha value is -1.35. The van der Waals surface area contributed by atoms with Gasteiger partial charge in [-0.1, -0.05) is 0 Å². The molecule has 0 spiro atoms. The number of thiophene rings is 1. The van der Waals surface area contributed by atoms with Crippen LogP contribution in [0.4, 0.5) is 8.78 Å². The Morgan fingerprint density at radius 3 is 2.52 bits per heavy atom. The average molecular weight is 333 g/mol. The van der Waals surface area contributed by atoms with Gasteiger partial charge < -0.3 is 5.11 Å². The lowest BCUT2D eigenvalue weighted by molar-refractivity contribution is 0.267. The maximum absolute atomic E-state index is 13.9. The van der Waals surface area contributed by atoms with Crippen molar-refractivity contribution in [2.45, 2.75) is 25.0 Å². The van der Waals surface area contributed by atoms with Gasteiger partial charge in [0.05, 0.1) is 12.2 Å². The van der Waals surface area contributed by atoms with E-state index in [2.05, 4.69) is 4.72 Å². The van der Waals surface area contributed by atoms with Crippen molar-refractivity contribution >= 4 is 21.4 Å². The molecule has 0 fully saturated rings. The first kappa shape index (κ1) is 16.0. The summed E-state index contributed by atoms with van der Waals surface area (Å²) in [6.45, 7) is 0.993. The molecule has 8 heteroatoms. The molecule has 0 unspecified atom stereocenters. The van der Waals surface area contributed by atoms with Crippen molar-refractivity contribution in [1.29, 1.82) is 0 Å². The van der Waals surface area contributed by atoms with Gasteiger partial charge in [-0.15, -0.1) is 11.3 Å². The summed E-state index contributed by atoms with van der Waals surface area (Å²) >= 11 is 1.42. The summed E-state index contributed by atoms with van der Waals surface area (Å²) in [6.07, 6.45) is 0. The number of nitrogens with one attached hydrogen (secondary N) is 1. The Balaban J connectivity index is 2.27. The first-order valence-corrected chi connectivity index (χ1v) is 8.28. The fraction of sp³-hybridized carbons (Fsp3) is 0.231. The molecular weight excluding hydrogens is 320 g/mol. The van der Waals surface area contributed by atoms with Crippen LogP contribution in [0, 0.1) is 18.6 Å². The van der Waals surface area contributed by atoms with Gasteiger partial charge in [0, 0.05) is 16.3 Å².